The van der Waals surface area contributed by atoms with Crippen LogP contribution in [0, 0.1) is 5.82 Å². The molecule has 1 aliphatic rings. The molecule has 0 spiro atoms. The van der Waals surface area contributed by atoms with E-state index in [1.807, 2.05) is 0 Å². The number of ether oxygens (including phenoxy) is 2. The first-order valence-electron chi connectivity index (χ1n) is 9.65. The van der Waals surface area contributed by atoms with Crippen LogP contribution in [0.3, 0.4) is 0 Å². The first-order valence-corrected chi connectivity index (χ1v) is 9.65. The summed E-state index contributed by atoms with van der Waals surface area (Å²) in [5, 5.41) is 10.1. The van der Waals surface area contributed by atoms with Gasteiger partial charge >= 0.3 is 5.97 Å². The van der Waals surface area contributed by atoms with Gasteiger partial charge in [0, 0.05) is 5.70 Å². The Bertz CT molecular complexity index is 1220. The number of fused-ring (bicyclic) bond motifs is 1. The van der Waals surface area contributed by atoms with Gasteiger partial charge in [-0.1, -0.05) is 24.3 Å². The van der Waals surface area contributed by atoms with Crippen LogP contribution in [0.5, 0.6) is 5.75 Å². The standard InChI is InChI=1S/C22H20FN5O4/c1-12-17(20(29)25-15-6-4-5-7-16(15)31-2)18(13-8-10-14(23)11-9-13)28-22(24-12)26-19(27-28)21(30)32-3/h4-11,18H,1-3H3,(H,25,29)(H,24,26,27). The highest BCUT2D eigenvalue weighted by molar-refractivity contribution is 6.06. The van der Waals surface area contributed by atoms with Gasteiger partial charge in [-0.3, -0.25) is 4.79 Å². The zero-order chi connectivity index (χ0) is 22.8. The van der Waals surface area contributed by atoms with Crippen LogP contribution in [0.4, 0.5) is 16.0 Å². The normalized spacial score (nSPS) is 14.9. The molecule has 1 atom stereocenters. The molecule has 0 bridgehead atoms. The number of amides is 1. The van der Waals surface area contributed by atoms with Crippen molar-refractivity contribution in [1.29, 1.82) is 0 Å². The summed E-state index contributed by atoms with van der Waals surface area (Å²) in [5.41, 5.74) is 1.89. The molecule has 1 unspecified atom stereocenters. The van der Waals surface area contributed by atoms with Crippen molar-refractivity contribution in [3.05, 3.63) is 77.0 Å². The molecule has 0 saturated heterocycles. The smallest absolute Gasteiger partial charge is 0.378 e. The predicted octanol–water partition coefficient (Wildman–Crippen LogP) is 3.14. The Hall–Kier alpha value is -4.21. The molecule has 1 aliphatic heterocycles. The van der Waals surface area contributed by atoms with Gasteiger partial charge in [0.25, 0.3) is 11.7 Å². The number of allylic oxidation sites excluding steroid dienone is 1. The Morgan fingerprint density at radius 3 is 2.53 bits per heavy atom. The number of methoxy groups -OCH3 is 2. The van der Waals surface area contributed by atoms with E-state index in [4.69, 9.17) is 9.47 Å². The molecular weight excluding hydrogens is 417 g/mol. The van der Waals surface area contributed by atoms with Crippen molar-refractivity contribution < 1.29 is 23.5 Å². The van der Waals surface area contributed by atoms with Gasteiger partial charge in [-0.15, -0.1) is 5.10 Å². The summed E-state index contributed by atoms with van der Waals surface area (Å²) in [7, 11) is 2.73. The number of halogens is 1. The van der Waals surface area contributed by atoms with E-state index in [1.165, 1.54) is 31.0 Å². The Kier molecular flexibility index (Phi) is 5.59. The van der Waals surface area contributed by atoms with Crippen molar-refractivity contribution in [3.63, 3.8) is 0 Å². The minimum absolute atomic E-state index is 0.165. The first-order chi connectivity index (χ1) is 15.4. The summed E-state index contributed by atoms with van der Waals surface area (Å²) in [6.45, 7) is 1.71. The second kappa shape index (κ2) is 8.50. The highest BCUT2D eigenvalue weighted by atomic mass is 19.1. The fourth-order valence-electron chi connectivity index (χ4n) is 3.51. The molecule has 2 aromatic carbocycles. The van der Waals surface area contributed by atoms with E-state index in [-0.39, 0.29) is 11.8 Å². The molecule has 10 heteroatoms. The fraction of sp³-hybridized carbons (Fsp3) is 0.182. The lowest BCUT2D eigenvalue weighted by Crippen LogP contribution is -2.31. The number of benzene rings is 2. The van der Waals surface area contributed by atoms with Gasteiger partial charge in [-0.2, -0.15) is 4.98 Å². The Labute approximate surface area is 182 Å². The van der Waals surface area contributed by atoms with Crippen molar-refractivity contribution in [2.75, 3.05) is 24.9 Å². The number of hydrogen-bond acceptors (Lipinski definition) is 7. The summed E-state index contributed by atoms with van der Waals surface area (Å²) in [6, 6.07) is 11.9. The van der Waals surface area contributed by atoms with Crippen LogP contribution in [0.15, 0.2) is 59.8 Å². The number of carbonyl (C=O) groups excluding carboxylic acids is 2. The molecule has 3 aromatic rings. The summed E-state index contributed by atoms with van der Waals surface area (Å²) < 4.78 is 25.0. The largest absolute Gasteiger partial charge is 0.495 e. The molecule has 1 aromatic heterocycles. The van der Waals surface area contributed by atoms with Crippen molar-refractivity contribution in [1.82, 2.24) is 14.8 Å². The maximum absolute atomic E-state index is 13.6. The number of carbonyl (C=O) groups is 2. The topological polar surface area (TPSA) is 107 Å². The van der Waals surface area contributed by atoms with E-state index in [0.717, 1.165) is 0 Å². The van der Waals surface area contributed by atoms with Gasteiger partial charge < -0.3 is 20.1 Å². The average Bonchev–Trinajstić information content (AvgIpc) is 3.22. The minimum atomic E-state index is -0.771. The van der Waals surface area contributed by atoms with Gasteiger partial charge in [-0.05, 0) is 36.8 Å². The van der Waals surface area contributed by atoms with Gasteiger partial charge in [0.1, 0.15) is 17.6 Å². The molecular formula is C22H20FN5O4. The monoisotopic (exact) mass is 437 g/mol. The molecule has 0 aliphatic carbocycles. The number of para-hydroxylation sites is 2. The van der Waals surface area contributed by atoms with Gasteiger partial charge in [0.05, 0.1) is 25.5 Å². The number of rotatable bonds is 5. The van der Waals surface area contributed by atoms with Crippen molar-refractivity contribution in [3.8, 4) is 5.75 Å². The molecule has 9 nitrogen and oxygen atoms in total. The van der Waals surface area contributed by atoms with Crippen molar-refractivity contribution in [2.45, 2.75) is 13.0 Å². The maximum atomic E-state index is 13.6. The Morgan fingerprint density at radius 2 is 1.84 bits per heavy atom. The van der Waals surface area contributed by atoms with Crippen LogP contribution in [-0.4, -0.2) is 40.9 Å². The number of aromatic nitrogens is 3. The molecule has 164 valence electrons. The predicted molar refractivity (Wildman–Crippen MR) is 114 cm³/mol. The lowest BCUT2D eigenvalue weighted by Gasteiger charge is -2.28. The van der Waals surface area contributed by atoms with E-state index in [9.17, 15) is 14.0 Å². The van der Waals surface area contributed by atoms with Gasteiger partial charge in [0.15, 0.2) is 0 Å². The molecule has 0 fully saturated rings. The van der Waals surface area contributed by atoms with E-state index in [1.54, 1.807) is 43.3 Å². The third-order valence-corrected chi connectivity index (χ3v) is 5.01. The molecule has 4 rings (SSSR count). The molecule has 0 saturated carbocycles. The van der Waals surface area contributed by atoms with Crippen LogP contribution >= 0.6 is 0 Å². The number of hydrogen-bond donors (Lipinski definition) is 2. The molecule has 32 heavy (non-hydrogen) atoms. The van der Waals surface area contributed by atoms with Crippen LogP contribution < -0.4 is 15.4 Å². The zero-order valence-corrected chi connectivity index (χ0v) is 17.5. The third kappa shape index (κ3) is 3.78. The number of esters is 1. The summed E-state index contributed by atoms with van der Waals surface area (Å²) >= 11 is 0. The lowest BCUT2D eigenvalue weighted by atomic mass is 9.95. The maximum Gasteiger partial charge on any atom is 0.378 e. The van der Waals surface area contributed by atoms with Crippen LogP contribution in [0.25, 0.3) is 0 Å². The first kappa shape index (κ1) is 21.0. The van der Waals surface area contributed by atoms with Crippen LogP contribution in [0.2, 0.25) is 0 Å². The Morgan fingerprint density at radius 1 is 1.12 bits per heavy atom. The fourth-order valence-corrected chi connectivity index (χ4v) is 3.51. The van der Waals surface area contributed by atoms with E-state index in [0.29, 0.717) is 28.3 Å². The zero-order valence-electron chi connectivity index (χ0n) is 17.5. The van der Waals surface area contributed by atoms with Gasteiger partial charge in [-0.25, -0.2) is 13.9 Å². The molecule has 0 radical (unpaired) electrons. The Balaban J connectivity index is 1.80. The summed E-state index contributed by atoms with van der Waals surface area (Å²) in [5.74, 6) is -0.973. The molecule has 2 N–H and O–H groups in total. The van der Waals surface area contributed by atoms with Crippen molar-refractivity contribution >= 4 is 23.5 Å². The second-order valence-corrected chi connectivity index (χ2v) is 6.97. The van der Waals surface area contributed by atoms with Crippen LogP contribution in [0.1, 0.15) is 29.1 Å². The molecule has 1 amide bonds. The van der Waals surface area contributed by atoms with Gasteiger partial charge in [0.2, 0.25) is 5.95 Å². The molecule has 2 heterocycles. The summed E-state index contributed by atoms with van der Waals surface area (Å²) in [6.07, 6.45) is 0. The average molecular weight is 437 g/mol. The van der Waals surface area contributed by atoms with Crippen LogP contribution in [-0.2, 0) is 9.53 Å². The number of nitrogens with one attached hydrogen (secondary N) is 2. The SMILES string of the molecule is COC(=O)c1nc2n(n1)C(c1ccc(F)cc1)C(C(=O)Nc1ccccc1OC)=C(C)N2. The van der Waals surface area contributed by atoms with E-state index >= 15 is 0 Å². The van der Waals surface area contributed by atoms with Crippen molar-refractivity contribution in [2.24, 2.45) is 0 Å². The van der Waals surface area contributed by atoms with E-state index in [2.05, 4.69) is 20.7 Å². The lowest BCUT2D eigenvalue weighted by molar-refractivity contribution is -0.113. The third-order valence-electron chi connectivity index (χ3n) is 5.01. The number of nitrogens with zero attached hydrogens (tertiary/aromatic N) is 3. The second-order valence-electron chi connectivity index (χ2n) is 6.97. The highest BCUT2D eigenvalue weighted by Gasteiger charge is 2.35. The number of anilines is 2. The highest BCUT2D eigenvalue weighted by Crippen LogP contribution is 2.36. The minimum Gasteiger partial charge on any atom is -0.495 e. The summed E-state index contributed by atoms with van der Waals surface area (Å²) in [4.78, 5) is 29.6. The van der Waals surface area contributed by atoms with E-state index < -0.39 is 23.7 Å². The quantitative estimate of drug-likeness (QED) is 0.591.